The fourth-order valence-electron chi connectivity index (χ4n) is 3.10. The molecule has 0 aromatic heterocycles. The molecule has 0 aliphatic carbocycles. The van der Waals surface area contributed by atoms with Crippen LogP contribution in [-0.2, 0) is 4.79 Å². The zero-order valence-electron chi connectivity index (χ0n) is 13.9. The number of phenols is 1. The van der Waals surface area contributed by atoms with Crippen LogP contribution in [0.25, 0.3) is 0 Å². The van der Waals surface area contributed by atoms with Crippen LogP contribution in [0.3, 0.4) is 0 Å². The summed E-state index contributed by atoms with van der Waals surface area (Å²) in [6.45, 7) is 2.97. The van der Waals surface area contributed by atoms with Gasteiger partial charge in [0.1, 0.15) is 11.8 Å². The lowest BCUT2D eigenvalue weighted by molar-refractivity contribution is -0.133. The van der Waals surface area contributed by atoms with Gasteiger partial charge in [-0.05, 0) is 18.2 Å². The number of amides is 1. The van der Waals surface area contributed by atoms with Crippen molar-refractivity contribution >= 4 is 11.6 Å². The van der Waals surface area contributed by atoms with E-state index in [1.807, 2.05) is 59.3 Å². The molecule has 3 rings (SSSR count). The van der Waals surface area contributed by atoms with Crippen molar-refractivity contribution in [3.8, 4) is 5.75 Å². The van der Waals surface area contributed by atoms with Crippen LogP contribution in [0.5, 0.6) is 5.75 Å². The zero-order chi connectivity index (χ0) is 16.9. The van der Waals surface area contributed by atoms with E-state index in [1.54, 1.807) is 12.1 Å². The van der Waals surface area contributed by atoms with Crippen LogP contribution >= 0.6 is 0 Å². The van der Waals surface area contributed by atoms with Crippen molar-refractivity contribution in [2.24, 2.45) is 0 Å². The fraction of sp³-hybridized carbons (Fsp3) is 0.316. The average Bonchev–Trinajstić information content (AvgIpc) is 2.64. The molecule has 1 heterocycles. The van der Waals surface area contributed by atoms with E-state index in [0.717, 1.165) is 18.8 Å². The number of anilines is 1. The van der Waals surface area contributed by atoms with Gasteiger partial charge in [0.15, 0.2) is 0 Å². The Bertz CT molecular complexity index is 684. The largest absolute Gasteiger partial charge is 0.508 e. The number of hydrogen-bond donors (Lipinski definition) is 2. The number of nitrogens with one attached hydrogen (secondary N) is 1. The number of benzene rings is 2. The molecule has 0 spiro atoms. The van der Waals surface area contributed by atoms with Gasteiger partial charge in [-0.3, -0.25) is 4.79 Å². The molecule has 1 atom stereocenters. The number of hydrogen-bond acceptors (Lipinski definition) is 4. The first-order valence-corrected chi connectivity index (χ1v) is 8.24. The van der Waals surface area contributed by atoms with Gasteiger partial charge >= 0.3 is 0 Å². The van der Waals surface area contributed by atoms with Crippen molar-refractivity contribution in [2.45, 2.75) is 6.04 Å². The monoisotopic (exact) mass is 325 g/mol. The molecule has 1 aliphatic rings. The molecule has 0 radical (unpaired) electrons. The number of nitrogens with zero attached hydrogens (tertiary/aromatic N) is 2. The summed E-state index contributed by atoms with van der Waals surface area (Å²) in [6.07, 6.45) is 0. The maximum atomic E-state index is 13.2. The Labute approximate surface area is 142 Å². The third-order valence-corrected chi connectivity index (χ3v) is 4.44. The predicted molar refractivity (Wildman–Crippen MR) is 95.1 cm³/mol. The maximum Gasteiger partial charge on any atom is 0.250 e. The van der Waals surface area contributed by atoms with E-state index < -0.39 is 6.04 Å². The van der Waals surface area contributed by atoms with Crippen molar-refractivity contribution in [1.29, 1.82) is 0 Å². The summed E-state index contributed by atoms with van der Waals surface area (Å²) < 4.78 is 0. The smallest absolute Gasteiger partial charge is 0.250 e. The number of rotatable bonds is 4. The quantitative estimate of drug-likeness (QED) is 0.903. The number of piperazine rings is 1. The van der Waals surface area contributed by atoms with Crippen molar-refractivity contribution in [2.75, 3.05) is 38.1 Å². The minimum absolute atomic E-state index is 0.0179. The molecule has 1 amide bonds. The minimum atomic E-state index is -0.549. The Morgan fingerprint density at radius 3 is 2.38 bits per heavy atom. The summed E-state index contributed by atoms with van der Waals surface area (Å²) in [5, 5.41) is 13.6. The lowest BCUT2D eigenvalue weighted by Gasteiger charge is -2.36. The average molecular weight is 325 g/mol. The number of para-hydroxylation sites is 2. The van der Waals surface area contributed by atoms with E-state index >= 15 is 0 Å². The van der Waals surface area contributed by atoms with Gasteiger partial charge in [-0.25, -0.2) is 0 Å². The third kappa shape index (κ3) is 3.36. The van der Waals surface area contributed by atoms with Crippen molar-refractivity contribution in [1.82, 2.24) is 10.2 Å². The predicted octanol–water partition coefficient (Wildman–Crippen LogP) is 2.00. The standard InChI is InChI=1S/C19H23N3O2/c1-21(15-7-3-2-4-8-15)18(16-9-5-6-10-17(16)23)19(24)22-13-11-20-12-14-22/h2-10,18,20,23H,11-14H2,1H3. The van der Waals surface area contributed by atoms with Crippen LogP contribution in [0.4, 0.5) is 5.69 Å². The number of carbonyl (C=O) groups excluding carboxylic acids is 1. The van der Waals surface area contributed by atoms with Gasteiger partial charge in [-0.1, -0.05) is 36.4 Å². The summed E-state index contributed by atoms with van der Waals surface area (Å²) in [6, 6.07) is 16.3. The highest BCUT2D eigenvalue weighted by molar-refractivity contribution is 5.87. The van der Waals surface area contributed by atoms with E-state index in [2.05, 4.69) is 5.32 Å². The van der Waals surface area contributed by atoms with E-state index in [0.29, 0.717) is 18.7 Å². The highest BCUT2D eigenvalue weighted by Gasteiger charge is 2.32. The molecule has 2 aromatic carbocycles. The van der Waals surface area contributed by atoms with Crippen molar-refractivity contribution in [3.05, 3.63) is 60.2 Å². The Morgan fingerprint density at radius 2 is 1.71 bits per heavy atom. The van der Waals surface area contributed by atoms with Crippen LogP contribution in [0.15, 0.2) is 54.6 Å². The van der Waals surface area contributed by atoms with E-state index in [4.69, 9.17) is 0 Å². The van der Waals surface area contributed by atoms with Crippen molar-refractivity contribution < 1.29 is 9.90 Å². The lowest BCUT2D eigenvalue weighted by atomic mass is 10.0. The summed E-state index contributed by atoms with van der Waals surface area (Å²) in [5.41, 5.74) is 1.57. The second kappa shape index (κ2) is 7.36. The van der Waals surface area contributed by atoms with Gasteiger partial charge in [0.05, 0.1) is 0 Å². The third-order valence-electron chi connectivity index (χ3n) is 4.44. The molecule has 126 valence electrons. The van der Waals surface area contributed by atoms with Gasteiger partial charge in [-0.15, -0.1) is 0 Å². The SMILES string of the molecule is CN(c1ccccc1)C(C(=O)N1CCNCC1)c1ccccc1O. The normalized spacial score (nSPS) is 15.8. The number of aromatic hydroxyl groups is 1. The van der Waals surface area contributed by atoms with Crippen LogP contribution in [0, 0.1) is 0 Å². The second-order valence-corrected chi connectivity index (χ2v) is 5.98. The van der Waals surface area contributed by atoms with Crippen LogP contribution in [0.1, 0.15) is 11.6 Å². The minimum Gasteiger partial charge on any atom is -0.508 e. The molecule has 0 bridgehead atoms. The summed E-state index contributed by atoms with van der Waals surface area (Å²) in [4.78, 5) is 17.0. The maximum absolute atomic E-state index is 13.2. The van der Waals surface area contributed by atoms with Gasteiger partial charge < -0.3 is 20.2 Å². The van der Waals surface area contributed by atoms with E-state index in [1.165, 1.54) is 0 Å². The molecule has 1 saturated heterocycles. The lowest BCUT2D eigenvalue weighted by Crippen LogP contribution is -2.50. The van der Waals surface area contributed by atoms with Gasteiger partial charge in [0.2, 0.25) is 5.91 Å². The first-order valence-electron chi connectivity index (χ1n) is 8.24. The van der Waals surface area contributed by atoms with Crippen LogP contribution in [0.2, 0.25) is 0 Å². The Kier molecular flexibility index (Phi) is 5.01. The number of carbonyl (C=O) groups is 1. The molecule has 24 heavy (non-hydrogen) atoms. The Hall–Kier alpha value is -2.53. The summed E-state index contributed by atoms with van der Waals surface area (Å²) in [7, 11) is 1.90. The van der Waals surface area contributed by atoms with Crippen molar-refractivity contribution in [3.63, 3.8) is 0 Å². The molecular formula is C19H23N3O2. The first-order chi connectivity index (χ1) is 11.7. The van der Waals surface area contributed by atoms with E-state index in [9.17, 15) is 9.90 Å². The number of phenolic OH excluding ortho intramolecular Hbond substituents is 1. The van der Waals surface area contributed by atoms with Crippen LogP contribution < -0.4 is 10.2 Å². The molecule has 2 aromatic rings. The zero-order valence-corrected chi connectivity index (χ0v) is 13.9. The van der Waals surface area contributed by atoms with E-state index in [-0.39, 0.29) is 11.7 Å². The molecule has 5 nitrogen and oxygen atoms in total. The highest BCUT2D eigenvalue weighted by atomic mass is 16.3. The molecule has 0 saturated carbocycles. The highest BCUT2D eigenvalue weighted by Crippen LogP contribution is 2.32. The molecule has 1 aliphatic heterocycles. The van der Waals surface area contributed by atoms with Gasteiger partial charge in [-0.2, -0.15) is 0 Å². The Morgan fingerprint density at radius 1 is 1.08 bits per heavy atom. The van der Waals surface area contributed by atoms with Gasteiger partial charge in [0, 0.05) is 44.5 Å². The van der Waals surface area contributed by atoms with Crippen LogP contribution in [-0.4, -0.2) is 49.1 Å². The fourth-order valence-corrected chi connectivity index (χ4v) is 3.10. The molecule has 1 fully saturated rings. The first kappa shape index (κ1) is 16.3. The topological polar surface area (TPSA) is 55.8 Å². The summed E-state index contributed by atoms with van der Waals surface area (Å²) in [5.74, 6) is 0.165. The molecular weight excluding hydrogens is 302 g/mol. The molecule has 2 N–H and O–H groups in total. The second-order valence-electron chi connectivity index (χ2n) is 5.98. The summed E-state index contributed by atoms with van der Waals surface area (Å²) >= 11 is 0. The molecule has 5 heteroatoms. The Balaban J connectivity index is 1.97. The van der Waals surface area contributed by atoms with Gasteiger partial charge in [0.25, 0.3) is 0 Å². The number of likely N-dealkylation sites (N-methyl/N-ethyl adjacent to an activating group) is 1. The molecule has 1 unspecified atom stereocenters.